The van der Waals surface area contributed by atoms with Gasteiger partial charge in [-0.1, -0.05) is 216 Å². The van der Waals surface area contributed by atoms with Gasteiger partial charge in [0.1, 0.15) is 0 Å². The molecular formula is C57H111N5O2. The number of aryl methyl sites for hydroxylation is 3. The minimum atomic E-state index is 0.0504. The second-order valence-corrected chi connectivity index (χ2v) is 15.4. The van der Waals surface area contributed by atoms with E-state index >= 15 is 0 Å². The largest absolute Gasteiger partial charge is 0.345 e. The Morgan fingerprint density at radius 2 is 0.859 bits per heavy atom. The number of pyridine rings is 2. The van der Waals surface area contributed by atoms with Crippen molar-refractivity contribution in [2.24, 2.45) is 14.1 Å². The van der Waals surface area contributed by atoms with E-state index in [0.717, 1.165) is 11.3 Å². The highest BCUT2D eigenvalue weighted by Crippen LogP contribution is 2.15. The molecule has 64 heavy (non-hydrogen) atoms. The predicted octanol–water partition coefficient (Wildman–Crippen LogP) is 17.8. The Kier molecular flexibility index (Phi) is 68.8. The van der Waals surface area contributed by atoms with Crippen molar-refractivity contribution in [3.05, 3.63) is 117 Å². The third kappa shape index (κ3) is 49.0. The van der Waals surface area contributed by atoms with Crippen molar-refractivity contribution in [2.75, 3.05) is 14.1 Å². The van der Waals surface area contributed by atoms with Gasteiger partial charge < -0.3 is 9.47 Å². The summed E-state index contributed by atoms with van der Waals surface area (Å²) in [5, 5.41) is 4.05. The van der Waals surface area contributed by atoms with E-state index < -0.39 is 0 Å². The van der Waals surface area contributed by atoms with Gasteiger partial charge in [-0.15, -0.1) is 0 Å². The molecule has 0 fully saturated rings. The maximum absolute atomic E-state index is 11.6. The lowest BCUT2D eigenvalue weighted by molar-refractivity contribution is 0.0827. The van der Waals surface area contributed by atoms with Gasteiger partial charge in [-0.2, -0.15) is 5.10 Å². The average Bonchev–Trinajstić information content (AvgIpc) is 3.73. The van der Waals surface area contributed by atoms with Crippen LogP contribution in [0.4, 0.5) is 0 Å². The highest BCUT2D eigenvalue weighted by atomic mass is 16.2. The van der Waals surface area contributed by atoms with Crippen molar-refractivity contribution in [2.45, 2.75) is 222 Å². The fourth-order valence-electron chi connectivity index (χ4n) is 3.78. The topological polar surface area (TPSA) is 73.0 Å². The van der Waals surface area contributed by atoms with Crippen LogP contribution >= 0.6 is 0 Å². The molecule has 0 N–H and O–H groups in total. The number of carbonyl (C=O) groups excluding carboxylic acids is 1. The monoisotopic (exact) mass is 898 g/mol. The predicted molar refractivity (Wildman–Crippen MR) is 294 cm³/mol. The number of benzene rings is 1. The number of rotatable bonds is 5. The molecule has 0 radical (unpaired) electrons. The first-order valence-corrected chi connectivity index (χ1v) is 25.1. The van der Waals surface area contributed by atoms with Crippen molar-refractivity contribution in [3.8, 4) is 0 Å². The lowest BCUT2D eigenvalue weighted by Crippen LogP contribution is -2.21. The van der Waals surface area contributed by atoms with E-state index in [4.69, 9.17) is 0 Å². The van der Waals surface area contributed by atoms with Gasteiger partial charge in [0.25, 0.3) is 5.91 Å². The smallest absolute Gasteiger partial charge is 0.253 e. The summed E-state index contributed by atoms with van der Waals surface area (Å²) in [6.45, 7) is 52.2. The van der Waals surface area contributed by atoms with Gasteiger partial charge in [0.15, 0.2) is 0 Å². The first-order chi connectivity index (χ1) is 30.2. The molecule has 4 aromatic rings. The van der Waals surface area contributed by atoms with Crippen LogP contribution in [-0.4, -0.2) is 44.2 Å². The zero-order valence-corrected chi connectivity index (χ0v) is 48.1. The molecule has 1 aromatic carbocycles. The van der Waals surface area contributed by atoms with Crippen LogP contribution in [0.1, 0.15) is 254 Å². The Morgan fingerprint density at radius 1 is 0.516 bits per heavy atom. The summed E-state index contributed by atoms with van der Waals surface area (Å²) in [6.07, 6.45) is 12.8. The second kappa shape index (κ2) is 57.0. The molecule has 1 amide bonds. The quantitative estimate of drug-likeness (QED) is 0.200. The first kappa shape index (κ1) is 77.2. The van der Waals surface area contributed by atoms with Gasteiger partial charge in [0.2, 0.25) is 5.56 Å². The van der Waals surface area contributed by atoms with Crippen LogP contribution in [-0.2, 0) is 14.1 Å². The van der Waals surface area contributed by atoms with Crippen molar-refractivity contribution in [3.63, 3.8) is 0 Å². The zero-order chi connectivity index (χ0) is 52.4. The number of nitrogens with zero attached hydrogens (tertiary/aromatic N) is 5. The lowest BCUT2D eigenvalue weighted by Gasteiger charge is -2.11. The highest BCUT2D eigenvalue weighted by Gasteiger charge is 2.07. The molecule has 0 aliphatic carbocycles. The second-order valence-electron chi connectivity index (χ2n) is 15.4. The van der Waals surface area contributed by atoms with Crippen molar-refractivity contribution in [1.29, 1.82) is 0 Å². The molecule has 4 rings (SSSR count). The SMILES string of the molecule is CC.CC.CC.CC.CC(C)c1ccc(=O)n(C)c1.CC(C)c1ccc(C(=O)N(C)C)cc1.CC(C)c1cnn(C)c1.CCC.CCC.CCC.CCC.Cc1ccc(C(C)C)cn1. The fraction of sp³-hybridized carbons (Fsp3) is 0.649. The minimum Gasteiger partial charge on any atom is -0.345 e. The third-order valence-electron chi connectivity index (χ3n) is 7.00. The van der Waals surface area contributed by atoms with Crippen LogP contribution in [0.5, 0.6) is 0 Å². The molecule has 7 heteroatoms. The summed E-state index contributed by atoms with van der Waals surface area (Å²) in [4.78, 5) is 28.3. The van der Waals surface area contributed by atoms with E-state index in [9.17, 15) is 9.59 Å². The number of carbonyl (C=O) groups is 1. The number of amides is 1. The molecule has 3 heterocycles. The zero-order valence-electron chi connectivity index (χ0n) is 48.1. The maximum atomic E-state index is 11.6. The third-order valence-corrected chi connectivity index (χ3v) is 7.00. The molecule has 3 aromatic heterocycles. The Hall–Kier alpha value is -4.00. The number of hydrogen-bond acceptors (Lipinski definition) is 4. The van der Waals surface area contributed by atoms with Crippen LogP contribution in [0.2, 0.25) is 0 Å². The van der Waals surface area contributed by atoms with E-state index in [-0.39, 0.29) is 11.5 Å². The van der Waals surface area contributed by atoms with Gasteiger partial charge in [-0.05, 0) is 71.0 Å². The van der Waals surface area contributed by atoms with E-state index in [2.05, 4.69) is 133 Å². The fourth-order valence-corrected chi connectivity index (χ4v) is 3.78. The molecule has 0 atom stereocenters. The first-order valence-electron chi connectivity index (χ1n) is 25.1. The van der Waals surface area contributed by atoms with E-state index in [1.165, 1.54) is 47.9 Å². The number of aromatic nitrogens is 4. The van der Waals surface area contributed by atoms with Crippen molar-refractivity contribution >= 4 is 5.91 Å². The average molecular weight is 899 g/mol. The lowest BCUT2D eigenvalue weighted by atomic mass is 10.0. The Balaban J connectivity index is -0.0000000963. The molecular weight excluding hydrogens is 787 g/mol. The van der Waals surface area contributed by atoms with E-state index in [1.54, 1.807) is 36.7 Å². The molecule has 0 saturated carbocycles. The standard InChI is InChI=1S/C12H17NO.C9H13NO.C9H13N.C7H12N2.4C3H8.4C2H6/c1-9(2)10-5-7-11(8-6-10)12(14)13(3)4;1-7(2)8-4-5-9(11)10(3)6-8;1-7(2)9-5-4-8(3)10-6-9;1-6(2)7-4-8-9(3)5-7;4*1-3-2;4*1-2/h5-9H,1-4H3;4-7H,1-3H3;4-7H,1-3H3;4-6H,1-3H3;4*3H2,1-2H3;4*1-2H3. The summed E-state index contributed by atoms with van der Waals surface area (Å²) >= 11 is 0. The molecule has 0 unspecified atom stereocenters. The van der Waals surface area contributed by atoms with Crippen LogP contribution in [0.3, 0.4) is 0 Å². The Morgan fingerprint density at radius 3 is 1.11 bits per heavy atom. The summed E-state index contributed by atoms with van der Waals surface area (Å²) in [7, 11) is 7.23. The summed E-state index contributed by atoms with van der Waals surface area (Å²) < 4.78 is 3.44. The minimum absolute atomic E-state index is 0.0504. The van der Waals surface area contributed by atoms with Crippen LogP contribution in [0.25, 0.3) is 0 Å². The van der Waals surface area contributed by atoms with Crippen LogP contribution in [0.15, 0.2) is 78.1 Å². The molecule has 0 saturated heterocycles. The summed E-state index contributed by atoms with van der Waals surface area (Å²) in [6, 6.07) is 15.5. The molecule has 376 valence electrons. The van der Waals surface area contributed by atoms with Crippen molar-refractivity contribution < 1.29 is 4.79 Å². The van der Waals surface area contributed by atoms with Crippen LogP contribution < -0.4 is 5.56 Å². The molecule has 0 aliphatic rings. The maximum Gasteiger partial charge on any atom is 0.253 e. The number of hydrogen-bond donors (Lipinski definition) is 0. The van der Waals surface area contributed by atoms with Gasteiger partial charge in [0.05, 0.1) is 6.20 Å². The molecule has 0 aliphatic heterocycles. The van der Waals surface area contributed by atoms with Gasteiger partial charge >= 0.3 is 0 Å². The van der Waals surface area contributed by atoms with E-state index in [1.807, 2.05) is 129 Å². The van der Waals surface area contributed by atoms with Gasteiger partial charge in [-0.25, -0.2) is 0 Å². The normalized spacial score (nSPS) is 8.70. The van der Waals surface area contributed by atoms with Gasteiger partial charge in [0, 0.05) is 64.1 Å². The van der Waals surface area contributed by atoms with E-state index in [0.29, 0.717) is 23.7 Å². The summed E-state index contributed by atoms with van der Waals surface area (Å²) in [5.74, 6) is 2.24. The molecule has 0 bridgehead atoms. The highest BCUT2D eigenvalue weighted by molar-refractivity contribution is 5.93. The molecule has 0 spiro atoms. The summed E-state index contributed by atoms with van der Waals surface area (Å²) in [5.41, 5.74) is 6.97. The van der Waals surface area contributed by atoms with Gasteiger partial charge in [-0.3, -0.25) is 19.3 Å². The Labute approximate surface area is 401 Å². The van der Waals surface area contributed by atoms with Crippen LogP contribution in [0, 0.1) is 6.92 Å². The molecule has 7 nitrogen and oxygen atoms in total. The van der Waals surface area contributed by atoms with Crippen molar-refractivity contribution in [1.82, 2.24) is 24.2 Å². The Bertz CT molecular complexity index is 1510.